The highest BCUT2D eigenvalue weighted by Crippen LogP contribution is 2.33. The van der Waals surface area contributed by atoms with Gasteiger partial charge in [-0.1, -0.05) is 44.0 Å². The third kappa shape index (κ3) is 5.11. The van der Waals surface area contributed by atoms with E-state index in [1.165, 1.54) is 4.90 Å². The van der Waals surface area contributed by atoms with Gasteiger partial charge >= 0.3 is 6.09 Å². The SMILES string of the molecule is CCCO[C@H]1CN(C(=O)O)C(C)[C@H]1Nc1nc(CC)c(-c2ccc(Cl)cc2Cl)nc1CC. The predicted molar refractivity (Wildman–Crippen MR) is 128 cm³/mol. The van der Waals surface area contributed by atoms with Gasteiger partial charge in [0.15, 0.2) is 0 Å². The number of likely N-dealkylation sites (tertiary alicyclic amines) is 1. The largest absolute Gasteiger partial charge is 0.465 e. The molecule has 0 radical (unpaired) electrons. The van der Waals surface area contributed by atoms with Crippen molar-refractivity contribution in [2.24, 2.45) is 0 Å². The minimum absolute atomic E-state index is 0.230. The van der Waals surface area contributed by atoms with Crippen LogP contribution in [0.25, 0.3) is 11.3 Å². The molecular formula is C23H30Cl2N4O3. The first-order valence-corrected chi connectivity index (χ1v) is 11.8. The highest BCUT2D eigenvalue weighted by Gasteiger charge is 2.42. The number of aryl methyl sites for hydroxylation is 2. The molecule has 2 heterocycles. The van der Waals surface area contributed by atoms with Crippen LogP contribution in [0.15, 0.2) is 18.2 Å². The van der Waals surface area contributed by atoms with Gasteiger partial charge in [-0.3, -0.25) is 0 Å². The molecule has 9 heteroatoms. The molecule has 3 atom stereocenters. The van der Waals surface area contributed by atoms with Crippen LogP contribution in [0.1, 0.15) is 45.5 Å². The number of benzene rings is 1. The van der Waals surface area contributed by atoms with Gasteiger partial charge in [0.25, 0.3) is 0 Å². The van der Waals surface area contributed by atoms with Crippen LogP contribution in [-0.2, 0) is 17.6 Å². The molecule has 1 unspecified atom stereocenters. The van der Waals surface area contributed by atoms with Crippen LogP contribution in [-0.4, -0.2) is 57.4 Å². The molecule has 3 rings (SSSR count). The topological polar surface area (TPSA) is 87.6 Å². The summed E-state index contributed by atoms with van der Waals surface area (Å²) >= 11 is 12.5. The summed E-state index contributed by atoms with van der Waals surface area (Å²) in [7, 11) is 0. The van der Waals surface area contributed by atoms with E-state index in [4.69, 9.17) is 37.9 Å². The fourth-order valence-electron chi connectivity index (χ4n) is 4.04. The van der Waals surface area contributed by atoms with Crippen molar-refractivity contribution in [2.75, 3.05) is 18.5 Å². The van der Waals surface area contributed by atoms with Gasteiger partial charge in [-0.2, -0.15) is 0 Å². The number of hydrogen-bond acceptors (Lipinski definition) is 5. The lowest BCUT2D eigenvalue weighted by molar-refractivity contribution is 0.0539. The van der Waals surface area contributed by atoms with E-state index >= 15 is 0 Å². The molecule has 0 aliphatic carbocycles. The zero-order valence-electron chi connectivity index (χ0n) is 18.9. The lowest BCUT2D eigenvalue weighted by Gasteiger charge is -2.26. The Bertz CT molecular complexity index is 972. The van der Waals surface area contributed by atoms with Gasteiger partial charge in [-0.25, -0.2) is 14.8 Å². The normalized spacial score (nSPS) is 20.6. The van der Waals surface area contributed by atoms with Crippen molar-refractivity contribution in [2.45, 2.75) is 65.1 Å². The third-order valence-electron chi connectivity index (χ3n) is 5.77. The lowest BCUT2D eigenvalue weighted by Crippen LogP contribution is -2.41. The number of nitrogens with one attached hydrogen (secondary N) is 1. The molecule has 1 aromatic carbocycles. The van der Waals surface area contributed by atoms with Crippen LogP contribution in [0.3, 0.4) is 0 Å². The first-order chi connectivity index (χ1) is 15.3. The summed E-state index contributed by atoms with van der Waals surface area (Å²) in [5, 5.41) is 14.2. The number of carbonyl (C=O) groups is 1. The average Bonchev–Trinajstić information content (AvgIpc) is 3.07. The smallest absolute Gasteiger partial charge is 0.407 e. The number of nitrogens with zero attached hydrogens (tertiary/aromatic N) is 3. The molecule has 2 N–H and O–H groups in total. The van der Waals surface area contributed by atoms with E-state index in [0.717, 1.165) is 29.1 Å². The fourth-order valence-corrected chi connectivity index (χ4v) is 4.54. The molecule has 32 heavy (non-hydrogen) atoms. The third-order valence-corrected chi connectivity index (χ3v) is 6.32. The van der Waals surface area contributed by atoms with E-state index in [9.17, 15) is 9.90 Å². The first-order valence-electron chi connectivity index (χ1n) is 11.0. The molecule has 1 aliphatic rings. The maximum absolute atomic E-state index is 11.7. The van der Waals surface area contributed by atoms with Crippen LogP contribution < -0.4 is 5.32 Å². The van der Waals surface area contributed by atoms with Crippen LogP contribution >= 0.6 is 23.2 Å². The molecule has 7 nitrogen and oxygen atoms in total. The Labute approximate surface area is 199 Å². The van der Waals surface area contributed by atoms with Gasteiger partial charge in [0.2, 0.25) is 0 Å². The number of rotatable bonds is 8. The van der Waals surface area contributed by atoms with Crippen molar-refractivity contribution in [3.63, 3.8) is 0 Å². The molecule has 0 spiro atoms. The molecule has 1 amide bonds. The minimum Gasteiger partial charge on any atom is -0.465 e. The van der Waals surface area contributed by atoms with E-state index in [2.05, 4.69) is 5.32 Å². The van der Waals surface area contributed by atoms with Crippen molar-refractivity contribution in [1.29, 1.82) is 0 Å². The zero-order valence-corrected chi connectivity index (χ0v) is 20.4. The number of ether oxygens (including phenoxy) is 1. The number of amides is 1. The first kappa shape index (κ1) is 24.6. The van der Waals surface area contributed by atoms with Crippen LogP contribution in [0.4, 0.5) is 10.6 Å². The van der Waals surface area contributed by atoms with Crippen molar-refractivity contribution in [3.05, 3.63) is 39.6 Å². The number of hydrogen-bond donors (Lipinski definition) is 2. The maximum atomic E-state index is 11.7. The Morgan fingerprint density at radius 2 is 1.94 bits per heavy atom. The van der Waals surface area contributed by atoms with Gasteiger partial charge < -0.3 is 20.1 Å². The van der Waals surface area contributed by atoms with E-state index in [1.54, 1.807) is 12.1 Å². The highest BCUT2D eigenvalue weighted by atomic mass is 35.5. The molecule has 0 saturated carbocycles. The van der Waals surface area contributed by atoms with Crippen LogP contribution in [0.5, 0.6) is 0 Å². The Hall–Kier alpha value is -2.09. The molecule has 2 aromatic rings. The Morgan fingerprint density at radius 3 is 2.53 bits per heavy atom. The Balaban J connectivity index is 1.99. The minimum atomic E-state index is -0.948. The van der Waals surface area contributed by atoms with Gasteiger partial charge in [0, 0.05) is 17.2 Å². The van der Waals surface area contributed by atoms with Crippen molar-refractivity contribution >= 4 is 35.1 Å². The average molecular weight is 481 g/mol. The van der Waals surface area contributed by atoms with E-state index < -0.39 is 6.09 Å². The van der Waals surface area contributed by atoms with Crippen LogP contribution in [0.2, 0.25) is 10.0 Å². The zero-order chi connectivity index (χ0) is 23.4. The second kappa shape index (κ2) is 10.7. The maximum Gasteiger partial charge on any atom is 0.407 e. The van der Waals surface area contributed by atoms with E-state index in [1.807, 2.05) is 33.8 Å². The number of carboxylic acid groups (broad SMARTS) is 1. The van der Waals surface area contributed by atoms with Gasteiger partial charge in [0.1, 0.15) is 5.82 Å². The molecule has 0 bridgehead atoms. The fraction of sp³-hybridized carbons (Fsp3) is 0.522. The second-order valence-electron chi connectivity index (χ2n) is 7.90. The van der Waals surface area contributed by atoms with E-state index in [-0.39, 0.29) is 18.2 Å². The number of aromatic nitrogens is 2. The summed E-state index contributed by atoms with van der Waals surface area (Å²) < 4.78 is 5.99. The van der Waals surface area contributed by atoms with Crippen molar-refractivity contribution in [3.8, 4) is 11.3 Å². The summed E-state index contributed by atoms with van der Waals surface area (Å²) in [5.41, 5.74) is 3.12. The van der Waals surface area contributed by atoms with Gasteiger partial charge in [0.05, 0.1) is 46.8 Å². The number of anilines is 1. The Morgan fingerprint density at radius 1 is 1.22 bits per heavy atom. The molecule has 1 saturated heterocycles. The number of halogens is 2. The molecule has 1 fully saturated rings. The standard InChI is InChI=1S/C23H30Cl2N4O3/c1-5-10-32-19-12-29(23(30)31)13(4)20(19)28-22-18(7-3)26-21(17(6-2)27-22)15-9-8-14(24)11-16(15)25/h8-9,11,13,19-20H,5-7,10,12H2,1-4H3,(H,27,28)(H,30,31)/t13?,19-,20+/m0/s1. The van der Waals surface area contributed by atoms with Crippen molar-refractivity contribution < 1.29 is 14.6 Å². The Kier molecular flexibility index (Phi) is 8.20. The molecule has 174 valence electrons. The van der Waals surface area contributed by atoms with Crippen molar-refractivity contribution in [1.82, 2.24) is 14.9 Å². The summed E-state index contributed by atoms with van der Waals surface area (Å²) in [4.78, 5) is 22.9. The molecule has 1 aliphatic heterocycles. The summed E-state index contributed by atoms with van der Waals surface area (Å²) in [6, 6.07) is 4.85. The van der Waals surface area contributed by atoms with Crippen LogP contribution in [0, 0.1) is 0 Å². The summed E-state index contributed by atoms with van der Waals surface area (Å²) in [6.45, 7) is 8.85. The summed E-state index contributed by atoms with van der Waals surface area (Å²) in [5.74, 6) is 0.660. The predicted octanol–water partition coefficient (Wildman–Crippen LogP) is 5.53. The lowest BCUT2D eigenvalue weighted by atomic mass is 10.1. The van der Waals surface area contributed by atoms with Gasteiger partial charge in [-0.05, 0) is 44.4 Å². The molecular weight excluding hydrogens is 451 g/mol. The summed E-state index contributed by atoms with van der Waals surface area (Å²) in [6.07, 6.45) is 0.971. The second-order valence-corrected chi connectivity index (χ2v) is 8.74. The van der Waals surface area contributed by atoms with Gasteiger partial charge in [-0.15, -0.1) is 0 Å². The molecule has 1 aromatic heterocycles. The highest BCUT2D eigenvalue weighted by molar-refractivity contribution is 6.36. The monoisotopic (exact) mass is 480 g/mol. The van der Waals surface area contributed by atoms with E-state index in [0.29, 0.717) is 41.9 Å². The quantitative estimate of drug-likeness (QED) is 0.515.